The zero-order chi connectivity index (χ0) is 14.9. The van der Waals surface area contributed by atoms with E-state index in [2.05, 4.69) is 0 Å². The number of hydrogen-bond acceptors (Lipinski definition) is 5. The number of nitrogens with zero attached hydrogens (tertiary/aromatic N) is 1. The molecule has 1 fully saturated rings. The highest BCUT2D eigenvalue weighted by Crippen LogP contribution is 2.30. The van der Waals surface area contributed by atoms with Crippen LogP contribution in [0.3, 0.4) is 0 Å². The molecule has 5 nitrogen and oxygen atoms in total. The number of halogens is 1. The molecule has 0 saturated carbocycles. The molecular formula is C12H16ClNO4S2. The SMILES string of the molecule is COC1CCCN(C(=O)c2csc(S(=O)(=O)Cl)c2C)C1. The lowest BCUT2D eigenvalue weighted by Crippen LogP contribution is -2.43. The number of thiophene rings is 1. The third kappa shape index (κ3) is 3.16. The van der Waals surface area contributed by atoms with Crippen LogP contribution >= 0.6 is 22.0 Å². The van der Waals surface area contributed by atoms with Gasteiger partial charge in [0, 0.05) is 36.3 Å². The molecule has 0 aromatic carbocycles. The van der Waals surface area contributed by atoms with Crippen molar-refractivity contribution in [3.8, 4) is 0 Å². The Labute approximate surface area is 126 Å². The normalized spacial score (nSPS) is 20.1. The van der Waals surface area contributed by atoms with E-state index in [1.165, 1.54) is 0 Å². The lowest BCUT2D eigenvalue weighted by molar-refractivity contribution is 0.0268. The van der Waals surface area contributed by atoms with Crippen molar-refractivity contribution in [1.82, 2.24) is 4.90 Å². The molecule has 1 aliphatic heterocycles. The van der Waals surface area contributed by atoms with Crippen molar-refractivity contribution in [1.29, 1.82) is 0 Å². The first kappa shape index (κ1) is 15.8. The molecule has 0 bridgehead atoms. The van der Waals surface area contributed by atoms with Crippen LogP contribution in [0.1, 0.15) is 28.8 Å². The van der Waals surface area contributed by atoms with Crippen LogP contribution in [-0.2, 0) is 13.8 Å². The van der Waals surface area contributed by atoms with Gasteiger partial charge in [0.25, 0.3) is 15.0 Å². The highest BCUT2D eigenvalue weighted by molar-refractivity contribution is 8.15. The van der Waals surface area contributed by atoms with E-state index < -0.39 is 9.05 Å². The van der Waals surface area contributed by atoms with E-state index in [1.807, 2.05) is 0 Å². The fraction of sp³-hybridized carbons (Fsp3) is 0.583. The Morgan fingerprint density at radius 2 is 2.25 bits per heavy atom. The van der Waals surface area contributed by atoms with Crippen molar-refractivity contribution in [2.24, 2.45) is 0 Å². The first-order valence-corrected chi connectivity index (χ1v) is 9.38. The summed E-state index contributed by atoms with van der Waals surface area (Å²) in [6.07, 6.45) is 1.86. The predicted molar refractivity (Wildman–Crippen MR) is 78.0 cm³/mol. The third-order valence-corrected chi connectivity index (χ3v) is 6.75. The lowest BCUT2D eigenvalue weighted by Gasteiger charge is -2.32. The van der Waals surface area contributed by atoms with E-state index in [-0.39, 0.29) is 16.2 Å². The molecule has 1 amide bonds. The molecule has 1 atom stereocenters. The van der Waals surface area contributed by atoms with Gasteiger partial charge >= 0.3 is 0 Å². The second-order valence-electron chi connectivity index (χ2n) is 4.75. The Balaban J connectivity index is 2.24. The van der Waals surface area contributed by atoms with E-state index in [4.69, 9.17) is 15.4 Å². The lowest BCUT2D eigenvalue weighted by atomic mass is 10.1. The van der Waals surface area contributed by atoms with E-state index in [1.54, 1.807) is 24.3 Å². The zero-order valence-corrected chi connectivity index (χ0v) is 13.6. The van der Waals surface area contributed by atoms with Crippen LogP contribution in [-0.4, -0.2) is 45.5 Å². The number of piperidine rings is 1. The monoisotopic (exact) mass is 337 g/mol. The van der Waals surface area contributed by atoms with Gasteiger partial charge in [0.1, 0.15) is 4.21 Å². The Hall–Kier alpha value is -0.630. The predicted octanol–water partition coefficient (Wildman–Crippen LogP) is 2.24. The number of hydrogen-bond donors (Lipinski definition) is 0. The van der Waals surface area contributed by atoms with Gasteiger partial charge in [-0.1, -0.05) is 0 Å². The molecule has 0 aliphatic carbocycles. The summed E-state index contributed by atoms with van der Waals surface area (Å²) >= 11 is 0.983. The second-order valence-corrected chi connectivity index (χ2v) is 8.39. The maximum absolute atomic E-state index is 12.5. The van der Waals surface area contributed by atoms with Gasteiger partial charge < -0.3 is 9.64 Å². The van der Waals surface area contributed by atoms with Gasteiger partial charge in [-0.15, -0.1) is 11.3 Å². The van der Waals surface area contributed by atoms with Gasteiger partial charge in [-0.25, -0.2) is 8.42 Å². The molecular weight excluding hydrogens is 322 g/mol. The van der Waals surface area contributed by atoms with Gasteiger partial charge in [-0.05, 0) is 25.3 Å². The minimum Gasteiger partial charge on any atom is -0.380 e. The summed E-state index contributed by atoms with van der Waals surface area (Å²) < 4.78 is 28.1. The molecule has 112 valence electrons. The summed E-state index contributed by atoms with van der Waals surface area (Å²) in [5, 5.41) is 1.56. The topological polar surface area (TPSA) is 63.7 Å². The standard InChI is InChI=1S/C12H16ClNO4S2/c1-8-10(7-19-12(8)20(13,16)17)11(15)14-5-3-4-9(6-14)18-2/h7,9H,3-6H2,1-2H3. The van der Waals surface area contributed by atoms with Crippen molar-refractivity contribution in [2.45, 2.75) is 30.1 Å². The first-order valence-electron chi connectivity index (χ1n) is 6.19. The fourth-order valence-electron chi connectivity index (χ4n) is 2.34. The minimum atomic E-state index is -3.80. The summed E-state index contributed by atoms with van der Waals surface area (Å²) in [5.41, 5.74) is 0.834. The Bertz CT molecular complexity index is 611. The highest BCUT2D eigenvalue weighted by Gasteiger charge is 2.28. The maximum Gasteiger partial charge on any atom is 0.271 e. The molecule has 1 saturated heterocycles. The average molecular weight is 338 g/mol. The van der Waals surface area contributed by atoms with Crippen LogP contribution in [0.25, 0.3) is 0 Å². The van der Waals surface area contributed by atoms with Gasteiger partial charge in [-0.2, -0.15) is 0 Å². The quantitative estimate of drug-likeness (QED) is 0.793. The number of amides is 1. The van der Waals surface area contributed by atoms with Crippen LogP contribution in [0.15, 0.2) is 9.59 Å². The third-order valence-electron chi connectivity index (χ3n) is 3.44. The van der Waals surface area contributed by atoms with Gasteiger partial charge in [0.05, 0.1) is 11.7 Å². The molecule has 0 N–H and O–H groups in total. The second kappa shape index (κ2) is 6.01. The number of likely N-dealkylation sites (tertiary alicyclic amines) is 1. The van der Waals surface area contributed by atoms with Gasteiger partial charge in [-0.3, -0.25) is 4.79 Å². The van der Waals surface area contributed by atoms with Gasteiger partial charge in [0.15, 0.2) is 0 Å². The summed E-state index contributed by atoms with van der Waals surface area (Å²) in [7, 11) is 3.19. The molecule has 2 rings (SSSR count). The van der Waals surface area contributed by atoms with Crippen molar-refractivity contribution in [3.05, 3.63) is 16.5 Å². The average Bonchev–Trinajstić information content (AvgIpc) is 2.79. The van der Waals surface area contributed by atoms with Crippen molar-refractivity contribution < 1.29 is 17.9 Å². The van der Waals surface area contributed by atoms with E-state index in [0.29, 0.717) is 24.2 Å². The van der Waals surface area contributed by atoms with Crippen LogP contribution in [0, 0.1) is 6.92 Å². The molecule has 1 aliphatic rings. The molecule has 1 unspecified atom stereocenters. The Morgan fingerprint density at radius 3 is 2.80 bits per heavy atom. The Morgan fingerprint density at radius 1 is 1.55 bits per heavy atom. The van der Waals surface area contributed by atoms with Gasteiger partial charge in [0.2, 0.25) is 0 Å². The van der Waals surface area contributed by atoms with E-state index >= 15 is 0 Å². The molecule has 8 heteroatoms. The number of carbonyl (C=O) groups excluding carboxylic acids is 1. The molecule has 1 aromatic heterocycles. The molecule has 0 radical (unpaired) electrons. The van der Waals surface area contributed by atoms with Crippen molar-refractivity contribution in [2.75, 3.05) is 20.2 Å². The van der Waals surface area contributed by atoms with E-state index in [9.17, 15) is 13.2 Å². The number of ether oxygens (including phenoxy) is 1. The number of rotatable bonds is 3. The summed E-state index contributed by atoms with van der Waals surface area (Å²) in [6.45, 7) is 2.81. The largest absolute Gasteiger partial charge is 0.380 e. The van der Waals surface area contributed by atoms with Crippen molar-refractivity contribution in [3.63, 3.8) is 0 Å². The van der Waals surface area contributed by atoms with Crippen molar-refractivity contribution >= 4 is 37.0 Å². The zero-order valence-electron chi connectivity index (χ0n) is 11.3. The van der Waals surface area contributed by atoms with Crippen LogP contribution in [0.5, 0.6) is 0 Å². The number of methoxy groups -OCH3 is 1. The summed E-state index contributed by atoms with van der Waals surface area (Å²) in [6, 6.07) is 0. The highest BCUT2D eigenvalue weighted by atomic mass is 35.7. The maximum atomic E-state index is 12.5. The first-order chi connectivity index (χ1) is 9.34. The van der Waals surface area contributed by atoms with Crippen LogP contribution in [0.2, 0.25) is 0 Å². The molecule has 2 heterocycles. The summed E-state index contributed by atoms with van der Waals surface area (Å²) in [4.78, 5) is 14.2. The van der Waals surface area contributed by atoms with E-state index in [0.717, 1.165) is 24.2 Å². The van der Waals surface area contributed by atoms with Crippen LogP contribution < -0.4 is 0 Å². The van der Waals surface area contributed by atoms with Crippen LogP contribution in [0.4, 0.5) is 0 Å². The smallest absolute Gasteiger partial charge is 0.271 e. The number of carbonyl (C=O) groups is 1. The summed E-state index contributed by atoms with van der Waals surface area (Å²) in [5.74, 6) is -0.160. The minimum absolute atomic E-state index is 0.0443. The molecule has 20 heavy (non-hydrogen) atoms. The Kier molecular flexibility index (Phi) is 4.73. The fourth-order valence-corrected chi connectivity index (χ4v) is 4.88. The molecule has 1 aromatic rings. The molecule has 0 spiro atoms.